The van der Waals surface area contributed by atoms with Gasteiger partial charge in [-0.15, -0.1) is 0 Å². The summed E-state index contributed by atoms with van der Waals surface area (Å²) in [5.41, 5.74) is 0.715. The zero-order valence-electron chi connectivity index (χ0n) is 13.0. The first-order chi connectivity index (χ1) is 11.2. The molecule has 1 aromatic rings. The van der Waals surface area contributed by atoms with Crippen LogP contribution in [0.15, 0.2) is 12.1 Å². The average molecular weight is 362 g/mol. The molecule has 24 heavy (non-hydrogen) atoms. The Labute approximate surface area is 142 Å². The third kappa shape index (κ3) is 3.53. The number of hydrazine groups is 1. The normalized spacial score (nSPS) is 19.2. The summed E-state index contributed by atoms with van der Waals surface area (Å²) in [5, 5.41) is 9.23. The van der Waals surface area contributed by atoms with E-state index in [4.69, 9.17) is 26.9 Å². The van der Waals surface area contributed by atoms with E-state index in [2.05, 4.69) is 0 Å². The molecule has 1 saturated heterocycles. The van der Waals surface area contributed by atoms with Crippen molar-refractivity contribution in [3.63, 3.8) is 0 Å². The predicted molar refractivity (Wildman–Crippen MR) is 82.2 cm³/mol. The van der Waals surface area contributed by atoms with Crippen LogP contribution in [0.5, 0.6) is 5.75 Å². The fourth-order valence-electron chi connectivity index (χ4n) is 2.47. The smallest absolute Gasteiger partial charge is 0.410 e. The number of benzene rings is 1. The van der Waals surface area contributed by atoms with E-state index in [0.29, 0.717) is 0 Å². The maximum atomic E-state index is 14.0. The highest BCUT2D eigenvalue weighted by molar-refractivity contribution is 6.34. The van der Waals surface area contributed by atoms with E-state index in [1.165, 1.54) is 0 Å². The van der Waals surface area contributed by atoms with E-state index in [1.807, 2.05) is 5.43 Å². The standard InChI is InChI=1S/C14H17ClFN3O5/c1-14(2)19(13(21)22)7(6-24-14)5-23-11-4-9(15)8(3-10(11)16)12(20)18-17/h3-4,7H,5-6,17H2,1-2H3,(H,18,20)(H,21,22). The zero-order valence-corrected chi connectivity index (χ0v) is 13.8. The first kappa shape index (κ1) is 18.2. The average Bonchev–Trinajstić information content (AvgIpc) is 2.81. The van der Waals surface area contributed by atoms with Gasteiger partial charge in [0.25, 0.3) is 5.91 Å². The monoisotopic (exact) mass is 361 g/mol. The molecule has 0 aliphatic carbocycles. The Morgan fingerprint density at radius 1 is 1.58 bits per heavy atom. The molecule has 1 aliphatic heterocycles. The van der Waals surface area contributed by atoms with Crippen molar-refractivity contribution in [2.75, 3.05) is 13.2 Å². The molecule has 0 radical (unpaired) electrons. The molecule has 2 amide bonds. The van der Waals surface area contributed by atoms with Gasteiger partial charge in [0.2, 0.25) is 0 Å². The van der Waals surface area contributed by atoms with Crippen LogP contribution < -0.4 is 16.0 Å². The first-order valence-electron chi connectivity index (χ1n) is 6.96. The molecular formula is C14H17ClFN3O5. The summed E-state index contributed by atoms with van der Waals surface area (Å²) in [5.74, 6) is 3.22. The highest BCUT2D eigenvalue weighted by atomic mass is 35.5. The van der Waals surface area contributed by atoms with Crippen molar-refractivity contribution >= 4 is 23.6 Å². The molecule has 132 valence electrons. The van der Waals surface area contributed by atoms with Crippen LogP contribution in [0.25, 0.3) is 0 Å². The summed E-state index contributed by atoms with van der Waals surface area (Å²) in [6, 6.07) is 1.42. The molecule has 1 aromatic carbocycles. The van der Waals surface area contributed by atoms with Gasteiger partial charge in [-0.2, -0.15) is 0 Å². The molecular weight excluding hydrogens is 345 g/mol. The molecule has 2 rings (SSSR count). The SMILES string of the molecule is CC1(C)OCC(COc2cc(Cl)c(C(=O)NN)cc2F)N1C(=O)O. The van der Waals surface area contributed by atoms with E-state index in [0.717, 1.165) is 17.0 Å². The van der Waals surface area contributed by atoms with Gasteiger partial charge in [0, 0.05) is 6.07 Å². The maximum absolute atomic E-state index is 14.0. The number of carboxylic acid groups (broad SMARTS) is 1. The van der Waals surface area contributed by atoms with Crippen LogP contribution in [0, 0.1) is 5.82 Å². The lowest BCUT2D eigenvalue weighted by atomic mass is 10.2. The van der Waals surface area contributed by atoms with Crippen molar-refractivity contribution in [2.45, 2.75) is 25.6 Å². The van der Waals surface area contributed by atoms with Crippen molar-refractivity contribution < 1.29 is 28.6 Å². The lowest BCUT2D eigenvalue weighted by Gasteiger charge is -2.30. The van der Waals surface area contributed by atoms with Crippen LogP contribution in [-0.4, -0.2) is 47.0 Å². The Hall–Kier alpha value is -2.10. The van der Waals surface area contributed by atoms with Crippen molar-refractivity contribution in [3.05, 3.63) is 28.5 Å². The molecule has 1 aliphatic rings. The Morgan fingerprint density at radius 3 is 2.83 bits per heavy atom. The van der Waals surface area contributed by atoms with E-state index >= 15 is 0 Å². The van der Waals surface area contributed by atoms with Crippen LogP contribution in [0.1, 0.15) is 24.2 Å². The Bertz CT molecular complexity index is 670. The summed E-state index contributed by atoms with van der Waals surface area (Å²) < 4.78 is 24.8. The third-order valence-corrected chi connectivity index (χ3v) is 3.92. The number of nitrogens with zero attached hydrogens (tertiary/aromatic N) is 1. The van der Waals surface area contributed by atoms with E-state index in [-0.39, 0.29) is 29.5 Å². The Balaban J connectivity index is 2.14. The minimum absolute atomic E-state index is 0.0487. The largest absolute Gasteiger partial charge is 0.488 e. The van der Waals surface area contributed by atoms with Gasteiger partial charge in [0.1, 0.15) is 12.3 Å². The molecule has 0 aromatic heterocycles. The van der Waals surface area contributed by atoms with Crippen molar-refractivity contribution in [1.82, 2.24) is 10.3 Å². The van der Waals surface area contributed by atoms with E-state index in [9.17, 15) is 19.1 Å². The molecule has 4 N–H and O–H groups in total. The molecule has 1 atom stereocenters. The maximum Gasteiger partial charge on any atom is 0.410 e. The van der Waals surface area contributed by atoms with Crippen LogP contribution in [-0.2, 0) is 4.74 Å². The molecule has 8 nitrogen and oxygen atoms in total. The minimum atomic E-state index is -1.17. The fourth-order valence-corrected chi connectivity index (χ4v) is 2.71. The number of nitrogen functional groups attached to an aromatic ring is 1. The summed E-state index contributed by atoms with van der Waals surface area (Å²) in [6.07, 6.45) is -1.17. The number of hydrogen-bond donors (Lipinski definition) is 3. The second-order valence-corrected chi connectivity index (χ2v) is 6.02. The second kappa shape index (κ2) is 6.80. The lowest BCUT2D eigenvalue weighted by molar-refractivity contribution is -0.0430. The number of amides is 2. The van der Waals surface area contributed by atoms with Gasteiger partial charge < -0.3 is 14.6 Å². The molecule has 10 heteroatoms. The van der Waals surface area contributed by atoms with Crippen molar-refractivity contribution in [1.29, 1.82) is 0 Å². The predicted octanol–water partition coefficient (Wildman–Crippen LogP) is 1.58. The van der Waals surface area contributed by atoms with Gasteiger partial charge in [-0.3, -0.25) is 15.1 Å². The fraction of sp³-hybridized carbons (Fsp3) is 0.429. The van der Waals surface area contributed by atoms with Crippen LogP contribution in [0.4, 0.5) is 9.18 Å². The van der Waals surface area contributed by atoms with Crippen molar-refractivity contribution in [3.8, 4) is 5.75 Å². The minimum Gasteiger partial charge on any atom is -0.488 e. The quantitative estimate of drug-likeness (QED) is 0.426. The van der Waals surface area contributed by atoms with Crippen LogP contribution in [0.3, 0.4) is 0 Å². The lowest BCUT2D eigenvalue weighted by Crippen LogP contribution is -2.49. The van der Waals surface area contributed by atoms with Crippen LogP contribution >= 0.6 is 11.6 Å². The molecule has 0 spiro atoms. The Kier molecular flexibility index (Phi) is 5.16. The van der Waals surface area contributed by atoms with E-state index in [1.54, 1.807) is 13.8 Å². The molecule has 1 heterocycles. The topological polar surface area (TPSA) is 114 Å². The number of halogens is 2. The summed E-state index contributed by atoms with van der Waals surface area (Å²) in [4.78, 5) is 23.9. The highest BCUT2D eigenvalue weighted by Crippen LogP contribution is 2.30. The number of hydrogen-bond acceptors (Lipinski definition) is 5. The van der Waals surface area contributed by atoms with E-state index < -0.39 is 29.6 Å². The highest BCUT2D eigenvalue weighted by Gasteiger charge is 2.44. The zero-order chi connectivity index (χ0) is 18.1. The molecule has 1 fully saturated rings. The number of carbonyl (C=O) groups is 2. The van der Waals surface area contributed by atoms with Crippen LogP contribution in [0.2, 0.25) is 5.02 Å². The summed E-state index contributed by atoms with van der Waals surface area (Å²) in [7, 11) is 0. The van der Waals surface area contributed by atoms with Gasteiger partial charge in [-0.05, 0) is 19.9 Å². The first-order valence-corrected chi connectivity index (χ1v) is 7.34. The van der Waals surface area contributed by atoms with Gasteiger partial charge in [0.15, 0.2) is 11.6 Å². The Morgan fingerprint density at radius 2 is 2.25 bits per heavy atom. The third-order valence-electron chi connectivity index (χ3n) is 3.61. The number of ether oxygens (including phenoxy) is 2. The number of nitrogens with two attached hydrogens (primary N) is 1. The molecule has 0 bridgehead atoms. The van der Waals surface area contributed by atoms with Gasteiger partial charge in [-0.1, -0.05) is 11.6 Å². The van der Waals surface area contributed by atoms with Crippen molar-refractivity contribution in [2.24, 2.45) is 5.84 Å². The van der Waals surface area contributed by atoms with Gasteiger partial charge >= 0.3 is 6.09 Å². The van der Waals surface area contributed by atoms with Gasteiger partial charge in [0.05, 0.1) is 23.2 Å². The van der Waals surface area contributed by atoms with Gasteiger partial charge in [-0.25, -0.2) is 15.0 Å². The summed E-state index contributed by atoms with van der Waals surface area (Å²) >= 11 is 5.90. The second-order valence-electron chi connectivity index (χ2n) is 5.61. The number of rotatable bonds is 4. The molecule has 1 unspecified atom stereocenters. The number of nitrogens with one attached hydrogen (secondary N) is 1. The molecule has 0 saturated carbocycles. The number of carbonyl (C=O) groups excluding carboxylic acids is 1. The summed E-state index contributed by atoms with van der Waals surface area (Å²) in [6.45, 7) is 3.20.